The van der Waals surface area contributed by atoms with Gasteiger partial charge in [-0.2, -0.15) is 13.2 Å². The molecule has 0 unspecified atom stereocenters. The fraction of sp³-hybridized carbons (Fsp3) is 0.267. The van der Waals surface area contributed by atoms with E-state index in [2.05, 4.69) is 15.3 Å². The van der Waals surface area contributed by atoms with Crippen LogP contribution in [0.5, 0.6) is 0 Å². The fourth-order valence-electron chi connectivity index (χ4n) is 2.02. The predicted octanol–water partition coefficient (Wildman–Crippen LogP) is 2.27. The summed E-state index contributed by atoms with van der Waals surface area (Å²) in [6.07, 6.45) is -4.67. The van der Waals surface area contributed by atoms with E-state index in [0.717, 1.165) is 6.07 Å². The zero-order valence-electron chi connectivity index (χ0n) is 12.1. The highest BCUT2D eigenvalue weighted by Crippen LogP contribution is 2.34. The van der Waals surface area contributed by atoms with Crippen molar-refractivity contribution in [1.29, 1.82) is 0 Å². The molecule has 5 nitrogen and oxygen atoms in total. The van der Waals surface area contributed by atoms with Gasteiger partial charge in [0.25, 0.3) is 5.91 Å². The molecule has 0 spiro atoms. The molecule has 2 aromatic rings. The number of rotatable bonds is 4. The molecule has 1 aromatic carbocycles. The Bertz CT molecular complexity index is 704. The number of hydrogen-bond acceptors (Lipinski definition) is 4. The van der Waals surface area contributed by atoms with E-state index < -0.39 is 23.8 Å². The second-order valence-corrected chi connectivity index (χ2v) is 4.80. The molecule has 1 atom stereocenters. The highest BCUT2D eigenvalue weighted by Gasteiger charge is 2.34. The van der Waals surface area contributed by atoms with Gasteiger partial charge < -0.3 is 10.4 Å². The summed E-state index contributed by atoms with van der Waals surface area (Å²) in [5.41, 5.74) is -1.15. The molecule has 0 saturated carbocycles. The number of aryl methyl sites for hydroxylation is 1. The number of carbonyl (C=O) groups excluding carboxylic acids is 1. The Morgan fingerprint density at radius 2 is 2.00 bits per heavy atom. The van der Waals surface area contributed by atoms with Gasteiger partial charge in [0.2, 0.25) is 0 Å². The lowest BCUT2D eigenvalue weighted by Gasteiger charge is -2.17. The Kier molecular flexibility index (Phi) is 4.95. The number of alkyl halides is 3. The lowest BCUT2D eigenvalue weighted by atomic mass is 10.0. The van der Waals surface area contributed by atoms with E-state index >= 15 is 0 Å². The van der Waals surface area contributed by atoms with Crippen LogP contribution in [0.1, 0.15) is 33.5 Å². The number of aliphatic hydroxyl groups excluding tert-OH is 1. The maximum Gasteiger partial charge on any atom is 0.416 e. The van der Waals surface area contributed by atoms with E-state index in [1.807, 2.05) is 0 Å². The monoisotopic (exact) mass is 325 g/mol. The molecular formula is C15H14F3N3O2. The van der Waals surface area contributed by atoms with Crippen molar-refractivity contribution in [2.24, 2.45) is 0 Å². The zero-order chi connectivity index (χ0) is 17.0. The van der Waals surface area contributed by atoms with E-state index in [1.54, 1.807) is 6.92 Å². The van der Waals surface area contributed by atoms with Crippen LogP contribution in [-0.4, -0.2) is 27.5 Å². The number of nitrogens with zero attached hydrogens (tertiary/aromatic N) is 2. The van der Waals surface area contributed by atoms with E-state index in [-0.39, 0.29) is 17.8 Å². The van der Waals surface area contributed by atoms with Crippen molar-refractivity contribution < 1.29 is 23.1 Å². The molecule has 0 radical (unpaired) electrons. The fourth-order valence-corrected chi connectivity index (χ4v) is 2.02. The molecule has 1 aromatic heterocycles. The normalized spacial score (nSPS) is 12.7. The molecule has 0 aliphatic rings. The van der Waals surface area contributed by atoms with Gasteiger partial charge >= 0.3 is 6.18 Å². The molecule has 2 N–H and O–H groups in total. The minimum absolute atomic E-state index is 0.0776. The Hall–Kier alpha value is -2.48. The summed E-state index contributed by atoms with van der Waals surface area (Å²) in [5, 5.41) is 12.3. The van der Waals surface area contributed by atoms with E-state index in [9.17, 15) is 23.1 Å². The van der Waals surface area contributed by atoms with Gasteiger partial charge in [-0.3, -0.25) is 4.79 Å². The standard InChI is InChI=1S/C15H14F3N3O2/c1-9-19-7-6-12(21-9)14(23)20-8-13(22)10-4-2-3-5-11(10)15(16,17)18/h2-7,13,22H,8H2,1H3,(H,20,23)/t13-/m0/s1. The first-order valence-electron chi connectivity index (χ1n) is 6.71. The third-order valence-corrected chi connectivity index (χ3v) is 3.09. The number of aromatic nitrogens is 2. The summed E-state index contributed by atoms with van der Waals surface area (Å²) in [6.45, 7) is 1.24. The van der Waals surface area contributed by atoms with Crippen LogP contribution in [0.4, 0.5) is 13.2 Å². The highest BCUT2D eigenvalue weighted by molar-refractivity contribution is 5.92. The minimum atomic E-state index is -4.58. The summed E-state index contributed by atoms with van der Waals surface area (Å²) < 4.78 is 38.7. The quantitative estimate of drug-likeness (QED) is 0.904. The van der Waals surface area contributed by atoms with Crippen molar-refractivity contribution in [3.05, 3.63) is 59.2 Å². The molecular weight excluding hydrogens is 311 g/mol. The Morgan fingerprint density at radius 3 is 2.65 bits per heavy atom. The van der Waals surface area contributed by atoms with Gasteiger partial charge in [0.15, 0.2) is 0 Å². The van der Waals surface area contributed by atoms with Crippen LogP contribution in [0.2, 0.25) is 0 Å². The van der Waals surface area contributed by atoms with Crippen molar-refractivity contribution in [3.63, 3.8) is 0 Å². The van der Waals surface area contributed by atoms with Gasteiger partial charge in [0, 0.05) is 12.7 Å². The average Bonchev–Trinajstić information content (AvgIpc) is 2.51. The van der Waals surface area contributed by atoms with Crippen LogP contribution in [0.3, 0.4) is 0 Å². The largest absolute Gasteiger partial charge is 0.416 e. The van der Waals surface area contributed by atoms with Crippen molar-refractivity contribution in [3.8, 4) is 0 Å². The molecule has 0 fully saturated rings. The van der Waals surface area contributed by atoms with E-state index in [0.29, 0.717) is 5.82 Å². The molecule has 122 valence electrons. The highest BCUT2D eigenvalue weighted by atomic mass is 19.4. The first kappa shape index (κ1) is 16.9. The zero-order valence-corrected chi connectivity index (χ0v) is 12.1. The Labute approximate surface area is 130 Å². The second kappa shape index (κ2) is 6.74. The van der Waals surface area contributed by atoms with Crippen LogP contribution in [0.25, 0.3) is 0 Å². The summed E-state index contributed by atoms with van der Waals surface area (Å²) >= 11 is 0. The van der Waals surface area contributed by atoms with E-state index in [4.69, 9.17) is 0 Å². The van der Waals surface area contributed by atoms with Crippen molar-refractivity contribution in [1.82, 2.24) is 15.3 Å². The number of carbonyl (C=O) groups is 1. The number of benzene rings is 1. The molecule has 8 heteroatoms. The summed E-state index contributed by atoms with van der Waals surface area (Å²) in [6, 6.07) is 6.06. The van der Waals surface area contributed by atoms with Gasteiger partial charge in [0.05, 0.1) is 11.7 Å². The first-order valence-corrected chi connectivity index (χ1v) is 6.71. The van der Waals surface area contributed by atoms with Crippen LogP contribution in [-0.2, 0) is 6.18 Å². The molecule has 0 bridgehead atoms. The molecule has 0 aliphatic heterocycles. The van der Waals surface area contributed by atoms with Gasteiger partial charge in [-0.25, -0.2) is 9.97 Å². The SMILES string of the molecule is Cc1nccc(C(=O)NC[C@H](O)c2ccccc2C(F)(F)F)n1. The number of amides is 1. The van der Waals surface area contributed by atoms with Crippen LogP contribution >= 0.6 is 0 Å². The third kappa shape index (κ3) is 4.26. The third-order valence-electron chi connectivity index (χ3n) is 3.09. The first-order chi connectivity index (χ1) is 10.8. The van der Waals surface area contributed by atoms with Gasteiger partial charge in [-0.1, -0.05) is 18.2 Å². The lowest BCUT2D eigenvalue weighted by Crippen LogP contribution is -2.30. The molecule has 0 saturated heterocycles. The van der Waals surface area contributed by atoms with Crippen LogP contribution in [0, 0.1) is 6.92 Å². The van der Waals surface area contributed by atoms with Crippen LogP contribution < -0.4 is 5.32 Å². The van der Waals surface area contributed by atoms with Crippen molar-refractivity contribution >= 4 is 5.91 Å². The van der Waals surface area contributed by atoms with Gasteiger partial charge in [-0.05, 0) is 24.6 Å². The smallest absolute Gasteiger partial charge is 0.387 e. The molecule has 0 aliphatic carbocycles. The molecule has 2 rings (SSSR count). The Morgan fingerprint density at radius 1 is 1.30 bits per heavy atom. The minimum Gasteiger partial charge on any atom is -0.387 e. The molecule has 23 heavy (non-hydrogen) atoms. The summed E-state index contributed by atoms with van der Waals surface area (Å²) in [4.78, 5) is 19.6. The topological polar surface area (TPSA) is 75.1 Å². The van der Waals surface area contributed by atoms with Crippen LogP contribution in [0.15, 0.2) is 36.5 Å². The summed E-state index contributed by atoms with van der Waals surface area (Å²) in [7, 11) is 0. The lowest BCUT2D eigenvalue weighted by molar-refractivity contribution is -0.139. The number of aliphatic hydroxyl groups is 1. The maximum absolute atomic E-state index is 12.9. The molecule has 1 heterocycles. The number of hydrogen-bond donors (Lipinski definition) is 2. The second-order valence-electron chi connectivity index (χ2n) is 4.80. The van der Waals surface area contributed by atoms with Crippen molar-refractivity contribution in [2.75, 3.05) is 6.54 Å². The summed E-state index contributed by atoms with van der Waals surface area (Å²) in [5.74, 6) is -0.209. The number of nitrogens with one attached hydrogen (secondary N) is 1. The maximum atomic E-state index is 12.9. The van der Waals surface area contributed by atoms with Gasteiger partial charge in [0.1, 0.15) is 11.5 Å². The van der Waals surface area contributed by atoms with E-state index in [1.165, 1.54) is 30.5 Å². The predicted molar refractivity (Wildman–Crippen MR) is 75.5 cm³/mol. The Balaban J connectivity index is 2.09. The number of halogens is 3. The van der Waals surface area contributed by atoms with Crippen molar-refractivity contribution in [2.45, 2.75) is 19.2 Å². The van der Waals surface area contributed by atoms with Gasteiger partial charge in [-0.15, -0.1) is 0 Å². The average molecular weight is 325 g/mol. The molecule has 1 amide bonds.